The number of aliphatic hydroxyl groups excluding tert-OH is 1. The van der Waals surface area contributed by atoms with Crippen LogP contribution < -0.4 is 20.1 Å². The Bertz CT molecular complexity index is 1720. The van der Waals surface area contributed by atoms with Crippen molar-refractivity contribution in [2.45, 2.75) is 51.0 Å². The number of furan rings is 1. The van der Waals surface area contributed by atoms with Gasteiger partial charge in [0.2, 0.25) is 0 Å². The molecule has 1 unspecified atom stereocenters. The van der Waals surface area contributed by atoms with E-state index >= 15 is 0 Å². The number of nitrogens with zero attached hydrogens (tertiary/aromatic N) is 1. The van der Waals surface area contributed by atoms with Crippen molar-refractivity contribution in [1.29, 1.82) is 0 Å². The lowest BCUT2D eigenvalue weighted by Gasteiger charge is -2.24. The first-order chi connectivity index (χ1) is 24.1. The number of hydrogen-bond acceptors (Lipinski definition) is 7. The highest BCUT2D eigenvalue weighted by Crippen LogP contribution is 2.28. The number of rotatable bonds is 17. The van der Waals surface area contributed by atoms with Crippen LogP contribution in [0.4, 0.5) is 10.5 Å². The summed E-state index contributed by atoms with van der Waals surface area (Å²) in [5, 5.41) is 17.9. The molecule has 0 aliphatic heterocycles. The number of aliphatic hydroxyl groups is 1. The Kier molecular flexibility index (Phi) is 12.2. The molecule has 3 N–H and O–H groups in total. The van der Waals surface area contributed by atoms with Crippen LogP contribution in [0.3, 0.4) is 0 Å². The van der Waals surface area contributed by atoms with E-state index in [1.54, 1.807) is 0 Å². The third-order valence-electron chi connectivity index (χ3n) is 8.60. The number of amides is 2. The SMILES string of the molecule is O=C(NCCN(Cc1ccccc1)CC(O)c1cc2cc(OCCOC3CCCC3)ccc2o1)Nc1ccc(OCc2ccccc2)cc1. The van der Waals surface area contributed by atoms with Crippen molar-refractivity contribution in [1.82, 2.24) is 10.2 Å². The third kappa shape index (κ3) is 10.6. The molecule has 5 aromatic rings. The van der Waals surface area contributed by atoms with Gasteiger partial charge in [-0.15, -0.1) is 0 Å². The predicted octanol–water partition coefficient (Wildman–Crippen LogP) is 7.71. The molecule has 1 saturated carbocycles. The van der Waals surface area contributed by atoms with Gasteiger partial charge in [0.15, 0.2) is 0 Å². The molecule has 0 radical (unpaired) electrons. The minimum absolute atomic E-state index is 0.307. The zero-order chi connectivity index (χ0) is 33.7. The highest BCUT2D eigenvalue weighted by atomic mass is 16.5. The summed E-state index contributed by atoms with van der Waals surface area (Å²) in [6.07, 6.45) is 4.28. The average Bonchev–Trinajstić information content (AvgIpc) is 3.81. The van der Waals surface area contributed by atoms with Gasteiger partial charge in [0, 0.05) is 37.3 Å². The summed E-state index contributed by atoms with van der Waals surface area (Å²) in [5.41, 5.74) is 3.55. The lowest BCUT2D eigenvalue weighted by molar-refractivity contribution is 0.0382. The monoisotopic (exact) mass is 663 g/mol. The minimum atomic E-state index is -0.864. The molecular weight excluding hydrogens is 618 g/mol. The number of benzene rings is 4. The first-order valence-electron chi connectivity index (χ1n) is 17.1. The largest absolute Gasteiger partial charge is 0.491 e. The van der Waals surface area contributed by atoms with E-state index in [-0.39, 0.29) is 6.03 Å². The molecule has 1 fully saturated rings. The molecule has 1 aromatic heterocycles. The molecule has 49 heavy (non-hydrogen) atoms. The molecule has 1 atom stereocenters. The molecule has 6 rings (SSSR count). The molecule has 0 saturated heterocycles. The highest BCUT2D eigenvalue weighted by Gasteiger charge is 2.19. The lowest BCUT2D eigenvalue weighted by Crippen LogP contribution is -2.38. The molecule has 1 aliphatic rings. The maximum atomic E-state index is 12.7. The third-order valence-corrected chi connectivity index (χ3v) is 8.60. The maximum absolute atomic E-state index is 12.7. The molecule has 4 aromatic carbocycles. The van der Waals surface area contributed by atoms with Crippen molar-refractivity contribution in [3.05, 3.63) is 126 Å². The quantitative estimate of drug-likeness (QED) is 0.0876. The van der Waals surface area contributed by atoms with Crippen molar-refractivity contribution in [2.75, 3.05) is 38.2 Å². The van der Waals surface area contributed by atoms with Crippen molar-refractivity contribution >= 4 is 22.7 Å². The van der Waals surface area contributed by atoms with Gasteiger partial charge in [-0.1, -0.05) is 73.5 Å². The van der Waals surface area contributed by atoms with Gasteiger partial charge in [-0.05, 0) is 72.5 Å². The van der Waals surface area contributed by atoms with Crippen LogP contribution in [0.1, 0.15) is 48.7 Å². The topological polar surface area (TPSA) is 105 Å². The van der Waals surface area contributed by atoms with E-state index in [0.717, 1.165) is 40.9 Å². The van der Waals surface area contributed by atoms with E-state index in [9.17, 15) is 9.90 Å². The van der Waals surface area contributed by atoms with Gasteiger partial charge < -0.3 is 34.4 Å². The van der Waals surface area contributed by atoms with E-state index in [1.165, 1.54) is 12.8 Å². The van der Waals surface area contributed by atoms with Crippen molar-refractivity contribution in [3.63, 3.8) is 0 Å². The minimum Gasteiger partial charge on any atom is -0.491 e. The Morgan fingerprint density at radius 1 is 0.837 bits per heavy atom. The van der Waals surface area contributed by atoms with Crippen LogP contribution in [0.2, 0.25) is 0 Å². The molecule has 9 heteroatoms. The lowest BCUT2D eigenvalue weighted by atomic mass is 10.1. The van der Waals surface area contributed by atoms with E-state index in [4.69, 9.17) is 18.6 Å². The van der Waals surface area contributed by atoms with Crippen molar-refractivity contribution in [2.24, 2.45) is 0 Å². The molecule has 9 nitrogen and oxygen atoms in total. The highest BCUT2D eigenvalue weighted by molar-refractivity contribution is 5.89. The summed E-state index contributed by atoms with van der Waals surface area (Å²) in [7, 11) is 0. The molecule has 256 valence electrons. The van der Waals surface area contributed by atoms with Gasteiger partial charge in [-0.3, -0.25) is 4.90 Å². The predicted molar refractivity (Wildman–Crippen MR) is 191 cm³/mol. The number of hydrogen-bond donors (Lipinski definition) is 3. The summed E-state index contributed by atoms with van der Waals surface area (Å²) >= 11 is 0. The molecule has 0 bridgehead atoms. The van der Waals surface area contributed by atoms with Gasteiger partial charge in [0.05, 0.1) is 12.7 Å². The van der Waals surface area contributed by atoms with E-state index in [2.05, 4.69) is 15.5 Å². The van der Waals surface area contributed by atoms with Crippen molar-refractivity contribution < 1.29 is 28.5 Å². The van der Waals surface area contributed by atoms with Crippen LogP contribution in [0.15, 0.2) is 114 Å². The van der Waals surface area contributed by atoms with Gasteiger partial charge in [0.1, 0.15) is 42.2 Å². The second-order valence-electron chi connectivity index (χ2n) is 12.4. The Morgan fingerprint density at radius 2 is 1.55 bits per heavy atom. The second kappa shape index (κ2) is 17.5. The molecule has 2 amide bonds. The number of carbonyl (C=O) groups is 1. The van der Waals surface area contributed by atoms with Crippen LogP contribution in [0.25, 0.3) is 11.0 Å². The standard InChI is InChI=1S/C40H45N3O6/c44-37(39-26-32-25-36(19-20-38(32)49-39)47-24-23-46-34-13-7-8-14-34)28-43(27-30-9-3-1-4-10-30)22-21-41-40(45)42-33-15-17-35(18-16-33)48-29-31-11-5-2-6-12-31/h1-6,9-12,15-20,25-26,34,37,44H,7-8,13-14,21-24,27-29H2,(H2,41,42,45). The van der Waals surface area contributed by atoms with E-state index in [0.29, 0.717) is 69.1 Å². The Balaban J connectivity index is 0.987. The van der Waals surface area contributed by atoms with Gasteiger partial charge in [-0.2, -0.15) is 0 Å². The fourth-order valence-electron chi connectivity index (χ4n) is 6.01. The van der Waals surface area contributed by atoms with Crippen LogP contribution in [-0.4, -0.2) is 55.0 Å². The van der Waals surface area contributed by atoms with E-state index in [1.807, 2.05) is 109 Å². The Labute approximate surface area is 287 Å². The van der Waals surface area contributed by atoms with Gasteiger partial charge >= 0.3 is 6.03 Å². The summed E-state index contributed by atoms with van der Waals surface area (Å²) < 4.78 is 23.7. The van der Waals surface area contributed by atoms with Gasteiger partial charge in [0.25, 0.3) is 0 Å². The maximum Gasteiger partial charge on any atom is 0.319 e. The van der Waals surface area contributed by atoms with E-state index < -0.39 is 6.10 Å². The fraction of sp³-hybridized carbons (Fsp3) is 0.325. The molecule has 1 aliphatic carbocycles. The number of fused-ring (bicyclic) bond motifs is 1. The fourth-order valence-corrected chi connectivity index (χ4v) is 6.01. The Hall–Kier alpha value is -4.83. The number of carbonyl (C=O) groups excluding carboxylic acids is 1. The normalized spacial score (nSPS) is 13.8. The van der Waals surface area contributed by atoms with Crippen LogP contribution in [-0.2, 0) is 17.9 Å². The number of ether oxygens (including phenoxy) is 3. The summed E-state index contributed by atoms with van der Waals surface area (Å²) in [5.74, 6) is 1.95. The summed E-state index contributed by atoms with van der Waals surface area (Å²) in [4.78, 5) is 14.8. The van der Waals surface area contributed by atoms with Crippen LogP contribution in [0, 0.1) is 0 Å². The number of urea groups is 1. The summed E-state index contributed by atoms with van der Waals surface area (Å²) in [6, 6.07) is 34.6. The molecule has 1 heterocycles. The smallest absolute Gasteiger partial charge is 0.319 e. The van der Waals surface area contributed by atoms with Crippen LogP contribution >= 0.6 is 0 Å². The van der Waals surface area contributed by atoms with Gasteiger partial charge in [-0.25, -0.2) is 4.79 Å². The van der Waals surface area contributed by atoms with Crippen LogP contribution in [0.5, 0.6) is 11.5 Å². The molecular formula is C40H45N3O6. The molecule has 0 spiro atoms. The first kappa shape index (κ1) is 34.0. The average molecular weight is 664 g/mol. The first-order valence-corrected chi connectivity index (χ1v) is 17.1. The zero-order valence-electron chi connectivity index (χ0n) is 27.8. The number of anilines is 1. The number of nitrogens with one attached hydrogen (secondary N) is 2. The Morgan fingerprint density at radius 3 is 2.31 bits per heavy atom. The summed E-state index contributed by atoms with van der Waals surface area (Å²) in [6.45, 7) is 3.38. The van der Waals surface area contributed by atoms with Crippen molar-refractivity contribution in [3.8, 4) is 11.5 Å². The second-order valence-corrected chi connectivity index (χ2v) is 12.4. The zero-order valence-corrected chi connectivity index (χ0v) is 27.8.